The first-order valence-corrected chi connectivity index (χ1v) is 7.03. The van der Waals surface area contributed by atoms with E-state index in [0.29, 0.717) is 6.54 Å². The fourth-order valence-electron chi connectivity index (χ4n) is 1.79. The Labute approximate surface area is 117 Å². The molecule has 94 valence electrons. The Hall–Kier alpha value is -0.960. The first-order valence-electron chi connectivity index (χ1n) is 5.84. The van der Waals surface area contributed by atoms with Gasteiger partial charge in [-0.2, -0.15) is 0 Å². The summed E-state index contributed by atoms with van der Waals surface area (Å²) in [6.07, 6.45) is 0. The van der Waals surface area contributed by atoms with Crippen molar-refractivity contribution in [3.63, 3.8) is 0 Å². The van der Waals surface area contributed by atoms with Crippen LogP contribution in [0.1, 0.15) is 16.7 Å². The average molecular weight is 278 g/mol. The van der Waals surface area contributed by atoms with Crippen LogP contribution in [0.2, 0.25) is 5.02 Å². The van der Waals surface area contributed by atoms with Gasteiger partial charge in [0.15, 0.2) is 0 Å². The predicted octanol–water partition coefficient (Wildman–Crippen LogP) is 4.57. The molecular weight excluding hydrogens is 262 g/mol. The first kappa shape index (κ1) is 13.5. The Balaban J connectivity index is 2.28. The van der Waals surface area contributed by atoms with Crippen molar-refractivity contribution in [2.24, 2.45) is 5.73 Å². The molecule has 0 heterocycles. The Kier molecular flexibility index (Phi) is 4.33. The Morgan fingerprint density at radius 1 is 1.06 bits per heavy atom. The summed E-state index contributed by atoms with van der Waals surface area (Å²) < 4.78 is 0. The van der Waals surface area contributed by atoms with Gasteiger partial charge in [-0.1, -0.05) is 47.1 Å². The number of hydrogen-bond acceptors (Lipinski definition) is 2. The maximum atomic E-state index is 6.27. The highest BCUT2D eigenvalue weighted by Gasteiger charge is 2.06. The van der Waals surface area contributed by atoms with E-state index >= 15 is 0 Å². The maximum absolute atomic E-state index is 6.27. The summed E-state index contributed by atoms with van der Waals surface area (Å²) in [4.78, 5) is 2.31. The highest BCUT2D eigenvalue weighted by atomic mass is 35.5. The summed E-state index contributed by atoms with van der Waals surface area (Å²) >= 11 is 7.96. The fraction of sp³-hybridized carbons (Fsp3) is 0.200. The third-order valence-electron chi connectivity index (χ3n) is 2.78. The lowest BCUT2D eigenvalue weighted by Gasteiger charge is -2.09. The van der Waals surface area contributed by atoms with Crippen LogP contribution in [0.15, 0.2) is 46.2 Å². The molecule has 0 radical (unpaired) electrons. The Morgan fingerprint density at radius 3 is 2.39 bits per heavy atom. The van der Waals surface area contributed by atoms with Crippen LogP contribution in [0, 0.1) is 13.8 Å². The highest BCUT2D eigenvalue weighted by Crippen LogP contribution is 2.35. The van der Waals surface area contributed by atoms with Crippen LogP contribution in [0.4, 0.5) is 0 Å². The first-order chi connectivity index (χ1) is 8.60. The van der Waals surface area contributed by atoms with Crippen molar-refractivity contribution in [1.29, 1.82) is 0 Å². The van der Waals surface area contributed by atoms with Gasteiger partial charge in [-0.05, 0) is 43.2 Å². The van der Waals surface area contributed by atoms with Crippen LogP contribution in [-0.4, -0.2) is 0 Å². The molecule has 0 fully saturated rings. The molecule has 0 amide bonds. The van der Waals surface area contributed by atoms with Gasteiger partial charge in [0, 0.05) is 16.3 Å². The average Bonchev–Trinajstić information content (AvgIpc) is 2.34. The normalized spacial score (nSPS) is 10.7. The molecule has 0 aliphatic carbocycles. The van der Waals surface area contributed by atoms with Gasteiger partial charge < -0.3 is 5.73 Å². The minimum absolute atomic E-state index is 0.522. The summed E-state index contributed by atoms with van der Waals surface area (Å²) in [5.74, 6) is 0. The van der Waals surface area contributed by atoms with Gasteiger partial charge in [-0.25, -0.2) is 0 Å². The molecule has 0 bridgehead atoms. The van der Waals surface area contributed by atoms with Crippen LogP contribution >= 0.6 is 23.4 Å². The lowest BCUT2D eigenvalue weighted by Crippen LogP contribution is -1.95. The quantitative estimate of drug-likeness (QED) is 0.890. The molecule has 2 rings (SSSR count). The third-order valence-corrected chi connectivity index (χ3v) is 4.46. The fourth-order valence-corrected chi connectivity index (χ4v) is 2.99. The molecule has 0 unspecified atom stereocenters. The zero-order valence-corrected chi connectivity index (χ0v) is 12.1. The summed E-state index contributed by atoms with van der Waals surface area (Å²) in [5.41, 5.74) is 9.21. The molecule has 0 aromatic heterocycles. The van der Waals surface area contributed by atoms with E-state index < -0.39 is 0 Å². The number of benzene rings is 2. The molecule has 2 N–H and O–H groups in total. The van der Waals surface area contributed by atoms with Crippen LogP contribution in [-0.2, 0) is 6.54 Å². The van der Waals surface area contributed by atoms with E-state index in [1.165, 1.54) is 16.0 Å². The van der Waals surface area contributed by atoms with E-state index in [1.807, 2.05) is 18.2 Å². The Morgan fingerprint density at radius 2 is 1.78 bits per heavy atom. The second-order valence-electron chi connectivity index (χ2n) is 4.34. The van der Waals surface area contributed by atoms with Gasteiger partial charge in [-0.15, -0.1) is 0 Å². The molecule has 0 spiro atoms. The van der Waals surface area contributed by atoms with Crippen LogP contribution in [0.3, 0.4) is 0 Å². The molecule has 0 saturated carbocycles. The van der Waals surface area contributed by atoms with E-state index in [4.69, 9.17) is 17.3 Å². The van der Waals surface area contributed by atoms with E-state index in [0.717, 1.165) is 15.5 Å². The monoisotopic (exact) mass is 277 g/mol. The van der Waals surface area contributed by atoms with Crippen molar-refractivity contribution in [2.75, 3.05) is 0 Å². The van der Waals surface area contributed by atoms with Crippen molar-refractivity contribution in [2.45, 2.75) is 30.2 Å². The summed E-state index contributed by atoms with van der Waals surface area (Å²) in [7, 11) is 0. The summed E-state index contributed by atoms with van der Waals surface area (Å²) in [5, 5.41) is 0.767. The Bertz CT molecular complexity index is 566. The van der Waals surface area contributed by atoms with Gasteiger partial charge in [0.25, 0.3) is 0 Å². The molecule has 3 heteroatoms. The number of halogens is 1. The van der Waals surface area contributed by atoms with Crippen molar-refractivity contribution >= 4 is 23.4 Å². The number of rotatable bonds is 3. The largest absolute Gasteiger partial charge is 0.326 e. The standard InChI is InChI=1S/C15H16ClNS/c1-10-3-5-14(11(2)7-10)18-15-6-4-12(9-17)8-13(15)16/h3-8H,9,17H2,1-2H3. The van der Waals surface area contributed by atoms with E-state index in [1.54, 1.807) is 11.8 Å². The van der Waals surface area contributed by atoms with Gasteiger partial charge in [0.2, 0.25) is 0 Å². The minimum atomic E-state index is 0.522. The molecule has 18 heavy (non-hydrogen) atoms. The lowest BCUT2D eigenvalue weighted by atomic mass is 10.2. The number of hydrogen-bond donors (Lipinski definition) is 1. The van der Waals surface area contributed by atoms with Crippen molar-refractivity contribution in [3.8, 4) is 0 Å². The second kappa shape index (κ2) is 5.79. The number of nitrogens with two attached hydrogens (primary N) is 1. The molecule has 0 aliphatic rings. The molecule has 1 nitrogen and oxygen atoms in total. The van der Waals surface area contributed by atoms with Gasteiger partial charge in [-0.3, -0.25) is 0 Å². The summed E-state index contributed by atoms with van der Waals surface area (Å²) in [6.45, 7) is 4.75. The minimum Gasteiger partial charge on any atom is -0.326 e. The zero-order valence-electron chi connectivity index (χ0n) is 10.5. The van der Waals surface area contributed by atoms with Crippen molar-refractivity contribution in [3.05, 3.63) is 58.1 Å². The SMILES string of the molecule is Cc1ccc(Sc2ccc(CN)cc2Cl)c(C)c1. The maximum Gasteiger partial charge on any atom is 0.0548 e. The van der Waals surface area contributed by atoms with E-state index in [-0.39, 0.29) is 0 Å². The van der Waals surface area contributed by atoms with Crippen LogP contribution in [0.25, 0.3) is 0 Å². The molecule has 2 aromatic carbocycles. The molecule has 0 aliphatic heterocycles. The topological polar surface area (TPSA) is 26.0 Å². The molecule has 0 atom stereocenters. The number of aryl methyl sites for hydroxylation is 2. The molecule has 2 aromatic rings. The predicted molar refractivity (Wildman–Crippen MR) is 79.4 cm³/mol. The van der Waals surface area contributed by atoms with Crippen LogP contribution in [0.5, 0.6) is 0 Å². The van der Waals surface area contributed by atoms with E-state index in [9.17, 15) is 0 Å². The molecular formula is C15H16ClNS. The van der Waals surface area contributed by atoms with Crippen molar-refractivity contribution < 1.29 is 0 Å². The smallest absolute Gasteiger partial charge is 0.0548 e. The van der Waals surface area contributed by atoms with Crippen LogP contribution < -0.4 is 5.73 Å². The molecule has 0 saturated heterocycles. The third kappa shape index (κ3) is 3.08. The second-order valence-corrected chi connectivity index (χ2v) is 5.83. The lowest BCUT2D eigenvalue weighted by molar-refractivity contribution is 1.07. The van der Waals surface area contributed by atoms with Crippen molar-refractivity contribution in [1.82, 2.24) is 0 Å². The van der Waals surface area contributed by atoms with E-state index in [2.05, 4.69) is 32.0 Å². The summed E-state index contributed by atoms with van der Waals surface area (Å²) in [6, 6.07) is 12.4. The zero-order chi connectivity index (χ0) is 13.1. The van der Waals surface area contributed by atoms with Gasteiger partial charge >= 0.3 is 0 Å². The van der Waals surface area contributed by atoms with Gasteiger partial charge in [0.05, 0.1) is 5.02 Å². The highest BCUT2D eigenvalue weighted by molar-refractivity contribution is 7.99. The van der Waals surface area contributed by atoms with Gasteiger partial charge in [0.1, 0.15) is 0 Å².